The second-order valence-corrected chi connectivity index (χ2v) is 6.52. The van der Waals surface area contributed by atoms with E-state index in [-0.39, 0.29) is 11.9 Å². The van der Waals surface area contributed by atoms with E-state index in [9.17, 15) is 4.79 Å². The van der Waals surface area contributed by atoms with Crippen LogP contribution in [0.1, 0.15) is 64.0 Å². The third kappa shape index (κ3) is 3.03. The maximum absolute atomic E-state index is 13.0. The molecule has 2 aromatic rings. The van der Waals surface area contributed by atoms with Gasteiger partial charge in [-0.15, -0.1) is 0 Å². The Kier molecular flexibility index (Phi) is 4.51. The fourth-order valence-electron chi connectivity index (χ4n) is 3.78. The predicted molar refractivity (Wildman–Crippen MR) is 94.9 cm³/mol. The number of hydrogen-bond donors (Lipinski definition) is 1. The lowest BCUT2D eigenvalue weighted by Gasteiger charge is -2.27. The van der Waals surface area contributed by atoms with Crippen molar-refractivity contribution in [2.45, 2.75) is 52.5 Å². The van der Waals surface area contributed by atoms with Crippen LogP contribution in [-0.4, -0.2) is 5.91 Å². The van der Waals surface area contributed by atoms with Gasteiger partial charge >= 0.3 is 0 Å². The molecule has 0 saturated carbocycles. The summed E-state index contributed by atoms with van der Waals surface area (Å²) >= 11 is 0. The van der Waals surface area contributed by atoms with Crippen molar-refractivity contribution in [1.29, 1.82) is 0 Å². The highest BCUT2D eigenvalue weighted by molar-refractivity contribution is 5.97. The molecule has 1 N–H and O–H groups in total. The third-order valence-electron chi connectivity index (χ3n) is 5.01. The maximum Gasteiger partial charge on any atom is 0.252 e. The van der Waals surface area contributed by atoms with Gasteiger partial charge in [0.15, 0.2) is 0 Å². The van der Waals surface area contributed by atoms with Crippen molar-refractivity contribution in [1.82, 2.24) is 5.32 Å². The smallest absolute Gasteiger partial charge is 0.252 e. The first-order valence-corrected chi connectivity index (χ1v) is 8.59. The largest absolute Gasteiger partial charge is 0.345 e. The van der Waals surface area contributed by atoms with E-state index in [0.717, 1.165) is 36.8 Å². The molecule has 120 valence electrons. The molecule has 0 saturated heterocycles. The summed E-state index contributed by atoms with van der Waals surface area (Å²) in [6, 6.07) is 12.8. The lowest BCUT2D eigenvalue weighted by molar-refractivity contribution is 0.0931. The Hall–Kier alpha value is -2.09. The van der Waals surface area contributed by atoms with Crippen LogP contribution in [0.4, 0.5) is 0 Å². The Morgan fingerprint density at radius 2 is 1.87 bits per heavy atom. The van der Waals surface area contributed by atoms with Gasteiger partial charge in [-0.05, 0) is 67.3 Å². The summed E-state index contributed by atoms with van der Waals surface area (Å²) in [4.78, 5) is 13.0. The number of rotatable bonds is 3. The van der Waals surface area contributed by atoms with Crippen molar-refractivity contribution < 1.29 is 4.79 Å². The van der Waals surface area contributed by atoms with Crippen LogP contribution in [0.3, 0.4) is 0 Å². The summed E-state index contributed by atoms with van der Waals surface area (Å²) in [5.41, 5.74) is 6.97. The van der Waals surface area contributed by atoms with Crippen molar-refractivity contribution in [3.63, 3.8) is 0 Å². The van der Waals surface area contributed by atoms with Gasteiger partial charge in [-0.3, -0.25) is 4.79 Å². The molecular weight excluding hydrogens is 282 g/mol. The average Bonchev–Trinajstić information content (AvgIpc) is 2.57. The summed E-state index contributed by atoms with van der Waals surface area (Å²) < 4.78 is 0. The number of amides is 1. The molecule has 1 aliphatic rings. The van der Waals surface area contributed by atoms with Gasteiger partial charge in [-0.1, -0.05) is 43.3 Å². The number of hydrogen-bond acceptors (Lipinski definition) is 1. The van der Waals surface area contributed by atoms with E-state index in [1.54, 1.807) is 0 Å². The molecule has 0 fully saturated rings. The van der Waals surface area contributed by atoms with E-state index in [1.807, 2.05) is 6.92 Å². The Bertz CT molecular complexity index is 733. The third-order valence-corrected chi connectivity index (χ3v) is 5.01. The number of fused-ring (bicyclic) bond motifs is 1. The number of aryl methyl sites for hydroxylation is 3. The number of carbonyl (C=O) groups is 1. The van der Waals surface area contributed by atoms with Crippen molar-refractivity contribution >= 4 is 5.91 Å². The maximum atomic E-state index is 13.0. The molecule has 2 heteroatoms. The highest BCUT2D eigenvalue weighted by Crippen LogP contribution is 2.30. The molecule has 0 aromatic heterocycles. The minimum absolute atomic E-state index is 0.0738. The van der Waals surface area contributed by atoms with Crippen molar-refractivity contribution in [2.24, 2.45) is 0 Å². The summed E-state index contributed by atoms with van der Waals surface area (Å²) in [6.07, 6.45) is 4.16. The van der Waals surface area contributed by atoms with E-state index in [2.05, 4.69) is 55.6 Å². The number of benzene rings is 2. The molecule has 0 aliphatic heterocycles. The molecule has 1 unspecified atom stereocenters. The minimum Gasteiger partial charge on any atom is -0.345 e. The van der Waals surface area contributed by atoms with Gasteiger partial charge in [-0.25, -0.2) is 0 Å². The molecule has 3 rings (SSSR count). The first-order valence-electron chi connectivity index (χ1n) is 8.59. The quantitative estimate of drug-likeness (QED) is 0.877. The molecule has 2 nitrogen and oxygen atoms in total. The molecule has 0 spiro atoms. The Morgan fingerprint density at radius 3 is 2.65 bits per heavy atom. The van der Waals surface area contributed by atoms with Gasteiger partial charge < -0.3 is 5.32 Å². The topological polar surface area (TPSA) is 29.1 Å². The second kappa shape index (κ2) is 6.57. The SMILES string of the molecule is CCc1c(C)ccc(C)c1C(=O)NC1CCCc2ccccc21. The van der Waals surface area contributed by atoms with Gasteiger partial charge in [0.05, 0.1) is 6.04 Å². The van der Waals surface area contributed by atoms with Crippen LogP contribution in [-0.2, 0) is 12.8 Å². The van der Waals surface area contributed by atoms with E-state index < -0.39 is 0 Å². The number of carbonyl (C=O) groups excluding carboxylic acids is 1. The average molecular weight is 307 g/mol. The molecule has 23 heavy (non-hydrogen) atoms. The lowest BCUT2D eigenvalue weighted by Crippen LogP contribution is -2.32. The molecule has 0 radical (unpaired) electrons. The molecule has 1 atom stereocenters. The number of nitrogens with one attached hydrogen (secondary N) is 1. The van der Waals surface area contributed by atoms with Crippen LogP contribution in [0.2, 0.25) is 0 Å². The fourth-order valence-corrected chi connectivity index (χ4v) is 3.78. The Balaban J connectivity index is 1.91. The van der Waals surface area contributed by atoms with E-state index >= 15 is 0 Å². The molecule has 1 amide bonds. The van der Waals surface area contributed by atoms with E-state index in [0.29, 0.717) is 0 Å². The monoisotopic (exact) mass is 307 g/mol. The van der Waals surface area contributed by atoms with Crippen molar-refractivity contribution in [3.8, 4) is 0 Å². The zero-order valence-electron chi connectivity index (χ0n) is 14.3. The van der Waals surface area contributed by atoms with Gasteiger partial charge in [-0.2, -0.15) is 0 Å². The van der Waals surface area contributed by atoms with Crippen LogP contribution < -0.4 is 5.32 Å². The normalized spacial score (nSPS) is 16.7. The molecule has 1 aliphatic carbocycles. The second-order valence-electron chi connectivity index (χ2n) is 6.52. The lowest BCUT2D eigenvalue weighted by atomic mass is 9.87. The van der Waals surface area contributed by atoms with Crippen LogP contribution in [0, 0.1) is 13.8 Å². The molecular formula is C21H25NO. The fraction of sp³-hybridized carbons (Fsp3) is 0.381. The highest BCUT2D eigenvalue weighted by atomic mass is 16.1. The van der Waals surface area contributed by atoms with Gasteiger partial charge in [0.25, 0.3) is 5.91 Å². The highest BCUT2D eigenvalue weighted by Gasteiger charge is 2.23. The van der Waals surface area contributed by atoms with E-state index in [4.69, 9.17) is 0 Å². The summed E-state index contributed by atoms with van der Waals surface area (Å²) in [5.74, 6) is 0.0738. The van der Waals surface area contributed by atoms with Crippen molar-refractivity contribution in [3.05, 3.63) is 69.8 Å². The zero-order valence-corrected chi connectivity index (χ0v) is 14.3. The van der Waals surface area contributed by atoms with Crippen LogP contribution in [0.25, 0.3) is 0 Å². The Labute approximate surface area is 138 Å². The minimum atomic E-state index is 0.0738. The van der Waals surface area contributed by atoms with Crippen LogP contribution >= 0.6 is 0 Å². The summed E-state index contributed by atoms with van der Waals surface area (Å²) in [5, 5.41) is 3.30. The van der Waals surface area contributed by atoms with Crippen LogP contribution in [0.15, 0.2) is 36.4 Å². The molecule has 0 heterocycles. The van der Waals surface area contributed by atoms with E-state index in [1.165, 1.54) is 22.3 Å². The van der Waals surface area contributed by atoms with Gasteiger partial charge in [0.2, 0.25) is 0 Å². The van der Waals surface area contributed by atoms with Crippen LogP contribution in [0.5, 0.6) is 0 Å². The zero-order chi connectivity index (χ0) is 16.4. The molecule has 2 aromatic carbocycles. The predicted octanol–water partition coefficient (Wildman–Crippen LogP) is 4.67. The van der Waals surface area contributed by atoms with Gasteiger partial charge in [0.1, 0.15) is 0 Å². The Morgan fingerprint density at radius 1 is 1.13 bits per heavy atom. The first-order chi connectivity index (χ1) is 11.1. The van der Waals surface area contributed by atoms with Gasteiger partial charge in [0, 0.05) is 5.56 Å². The summed E-state index contributed by atoms with van der Waals surface area (Å²) in [6.45, 7) is 6.24. The molecule has 0 bridgehead atoms. The first kappa shape index (κ1) is 15.8. The summed E-state index contributed by atoms with van der Waals surface area (Å²) in [7, 11) is 0. The van der Waals surface area contributed by atoms with Crippen molar-refractivity contribution in [2.75, 3.05) is 0 Å². The standard InChI is InChI=1S/C21H25NO/c1-4-17-14(2)12-13-15(3)20(17)21(23)22-19-11-7-9-16-8-5-6-10-18(16)19/h5-6,8,10,12-13,19H,4,7,9,11H2,1-3H3,(H,22,23).